The number of benzene rings is 1. The van der Waals surface area contributed by atoms with Gasteiger partial charge in [-0.2, -0.15) is 0 Å². The fraction of sp³-hybridized carbons (Fsp3) is 0.143. The third kappa shape index (κ3) is 3.10. The molecule has 0 heterocycles. The maximum absolute atomic E-state index is 8.76. The van der Waals surface area contributed by atoms with Gasteiger partial charge in [0.25, 0.3) is 0 Å². The summed E-state index contributed by atoms with van der Waals surface area (Å²) in [5, 5.41) is 8.76. The van der Waals surface area contributed by atoms with Gasteiger partial charge in [-0.25, -0.2) is 0 Å². The molecule has 0 saturated heterocycles. The van der Waals surface area contributed by atoms with Crippen molar-refractivity contribution in [3.8, 4) is 5.75 Å². The van der Waals surface area contributed by atoms with Gasteiger partial charge < -0.3 is 5.11 Å². The van der Waals surface area contributed by atoms with Crippen LogP contribution in [0.4, 0.5) is 0 Å². The standard InChI is InChI=1S/C7H8O.Dy/c1-6-2-4-7(8)5-3-6;/h2-5,8H,1H3;. The molecule has 0 aliphatic carbocycles. The molecule has 0 unspecified atom stereocenters. The van der Waals surface area contributed by atoms with Crippen LogP contribution in [0.1, 0.15) is 5.56 Å². The van der Waals surface area contributed by atoms with Gasteiger partial charge in [0, 0.05) is 38.2 Å². The molecule has 0 saturated carbocycles. The van der Waals surface area contributed by atoms with E-state index in [4.69, 9.17) is 5.11 Å². The van der Waals surface area contributed by atoms with E-state index in [9.17, 15) is 0 Å². The first-order chi connectivity index (χ1) is 3.79. The Morgan fingerprint density at radius 2 is 1.56 bits per heavy atom. The summed E-state index contributed by atoms with van der Waals surface area (Å²) in [5.74, 6) is 0.329. The number of aromatic hydroxyl groups is 1. The van der Waals surface area contributed by atoms with Crippen LogP contribution in [0.25, 0.3) is 0 Å². The fourth-order valence-corrected chi connectivity index (χ4v) is 0.545. The van der Waals surface area contributed by atoms with Crippen LogP contribution < -0.4 is 0 Å². The van der Waals surface area contributed by atoms with E-state index in [-0.39, 0.29) is 38.2 Å². The second-order valence-electron chi connectivity index (χ2n) is 1.84. The van der Waals surface area contributed by atoms with Gasteiger partial charge in [0.1, 0.15) is 5.75 Å². The zero-order chi connectivity index (χ0) is 5.98. The Balaban J connectivity index is 0.000000640. The zero-order valence-electron chi connectivity index (χ0n) is 5.07. The second-order valence-corrected chi connectivity index (χ2v) is 1.84. The number of hydrogen-bond acceptors (Lipinski definition) is 1. The molecule has 0 radical (unpaired) electrons. The number of hydrogen-bond donors (Lipinski definition) is 1. The van der Waals surface area contributed by atoms with E-state index in [1.54, 1.807) is 12.1 Å². The quantitative estimate of drug-likeness (QED) is 0.761. The van der Waals surface area contributed by atoms with Crippen LogP contribution in [0.15, 0.2) is 24.3 Å². The van der Waals surface area contributed by atoms with Crippen LogP contribution in [0.3, 0.4) is 0 Å². The maximum Gasteiger partial charge on any atom is 0.115 e. The van der Waals surface area contributed by atoms with E-state index in [0.717, 1.165) is 0 Å². The summed E-state index contributed by atoms with van der Waals surface area (Å²) < 4.78 is 0. The van der Waals surface area contributed by atoms with Crippen molar-refractivity contribution in [1.82, 2.24) is 0 Å². The third-order valence-electron chi connectivity index (χ3n) is 1.03. The van der Waals surface area contributed by atoms with Crippen molar-refractivity contribution < 1.29 is 43.3 Å². The molecule has 1 aromatic rings. The van der Waals surface area contributed by atoms with Gasteiger partial charge >= 0.3 is 0 Å². The predicted octanol–water partition coefficient (Wildman–Crippen LogP) is 1.70. The maximum atomic E-state index is 8.76. The molecule has 1 nitrogen and oxygen atoms in total. The van der Waals surface area contributed by atoms with Crippen molar-refractivity contribution in [2.75, 3.05) is 0 Å². The van der Waals surface area contributed by atoms with Crippen molar-refractivity contribution in [1.29, 1.82) is 0 Å². The minimum Gasteiger partial charge on any atom is -0.508 e. The summed E-state index contributed by atoms with van der Waals surface area (Å²) in [4.78, 5) is 0. The molecule has 2 heteroatoms. The fourth-order valence-electron chi connectivity index (χ4n) is 0.545. The Kier molecular flexibility index (Phi) is 4.30. The summed E-state index contributed by atoms with van der Waals surface area (Å²) in [5.41, 5.74) is 1.17. The predicted molar refractivity (Wildman–Crippen MR) is 32.8 cm³/mol. The molecule has 1 aromatic carbocycles. The number of aryl methyl sites for hydroxylation is 1. The van der Waals surface area contributed by atoms with Gasteiger partial charge in [-0.3, -0.25) is 0 Å². The molecular weight excluding hydrogens is 263 g/mol. The molecule has 0 spiro atoms. The topological polar surface area (TPSA) is 20.2 Å². The first-order valence-electron chi connectivity index (χ1n) is 2.54. The normalized spacial score (nSPS) is 8.11. The molecule has 1 N–H and O–H groups in total. The Morgan fingerprint density at radius 1 is 1.11 bits per heavy atom. The van der Waals surface area contributed by atoms with Crippen molar-refractivity contribution in [3.63, 3.8) is 0 Å². The minimum atomic E-state index is 0. The van der Waals surface area contributed by atoms with Crippen LogP contribution >= 0.6 is 0 Å². The first-order valence-corrected chi connectivity index (χ1v) is 2.54. The van der Waals surface area contributed by atoms with Crippen LogP contribution in [0.2, 0.25) is 0 Å². The molecular formula is C7H8DyO. The summed E-state index contributed by atoms with van der Waals surface area (Å²) >= 11 is 0. The summed E-state index contributed by atoms with van der Waals surface area (Å²) in [6, 6.07) is 7.09. The number of phenols is 1. The monoisotopic (exact) mass is 272 g/mol. The molecule has 0 aromatic heterocycles. The summed E-state index contributed by atoms with van der Waals surface area (Å²) in [6.07, 6.45) is 0. The van der Waals surface area contributed by atoms with Gasteiger partial charge in [0.2, 0.25) is 0 Å². The van der Waals surface area contributed by atoms with Gasteiger partial charge in [-0.15, -0.1) is 0 Å². The van der Waals surface area contributed by atoms with E-state index in [1.165, 1.54) is 5.56 Å². The van der Waals surface area contributed by atoms with E-state index in [0.29, 0.717) is 5.75 Å². The number of rotatable bonds is 0. The van der Waals surface area contributed by atoms with Crippen molar-refractivity contribution in [2.45, 2.75) is 6.92 Å². The van der Waals surface area contributed by atoms with Gasteiger partial charge in [0.15, 0.2) is 0 Å². The Labute approximate surface area is 85.1 Å². The van der Waals surface area contributed by atoms with Crippen LogP contribution in [0, 0.1) is 45.1 Å². The SMILES string of the molecule is Cc1ccc(O)cc1.[Dy]. The number of phenolic OH excluding ortho intramolecular Hbond substituents is 1. The van der Waals surface area contributed by atoms with Gasteiger partial charge in [0.05, 0.1) is 0 Å². The van der Waals surface area contributed by atoms with Crippen molar-refractivity contribution >= 4 is 0 Å². The molecule has 0 aliphatic heterocycles. The van der Waals surface area contributed by atoms with Crippen LogP contribution in [-0.2, 0) is 0 Å². The average Bonchev–Trinajstić information content (AvgIpc) is 1.77. The Hall–Kier alpha value is 0.293. The summed E-state index contributed by atoms with van der Waals surface area (Å²) in [7, 11) is 0. The van der Waals surface area contributed by atoms with Crippen molar-refractivity contribution in [3.05, 3.63) is 29.8 Å². The molecule has 0 fully saturated rings. The largest absolute Gasteiger partial charge is 0.508 e. The smallest absolute Gasteiger partial charge is 0.115 e. The van der Waals surface area contributed by atoms with Crippen LogP contribution in [0.5, 0.6) is 5.75 Å². The molecule has 9 heavy (non-hydrogen) atoms. The molecule has 1 rings (SSSR count). The average molecular weight is 271 g/mol. The molecule has 52 valence electrons. The zero-order valence-corrected chi connectivity index (χ0v) is 7.10. The molecule has 0 atom stereocenters. The Bertz CT molecular complexity index is 148. The molecule has 0 aliphatic rings. The van der Waals surface area contributed by atoms with Crippen LogP contribution in [-0.4, -0.2) is 5.11 Å². The molecule has 0 amide bonds. The minimum absolute atomic E-state index is 0. The van der Waals surface area contributed by atoms with Gasteiger partial charge in [-0.05, 0) is 19.1 Å². The third-order valence-corrected chi connectivity index (χ3v) is 1.03. The van der Waals surface area contributed by atoms with E-state index in [1.807, 2.05) is 19.1 Å². The van der Waals surface area contributed by atoms with Crippen molar-refractivity contribution in [2.24, 2.45) is 0 Å². The molecule has 0 bridgehead atoms. The first kappa shape index (κ1) is 9.29. The summed E-state index contributed by atoms with van der Waals surface area (Å²) in [6.45, 7) is 1.99. The van der Waals surface area contributed by atoms with E-state index in [2.05, 4.69) is 0 Å². The second kappa shape index (κ2) is 4.16. The Morgan fingerprint density at radius 3 is 1.89 bits per heavy atom. The van der Waals surface area contributed by atoms with E-state index >= 15 is 0 Å². The van der Waals surface area contributed by atoms with Gasteiger partial charge in [-0.1, -0.05) is 17.7 Å². The van der Waals surface area contributed by atoms with E-state index < -0.39 is 0 Å².